The van der Waals surface area contributed by atoms with E-state index in [1.165, 1.54) is 0 Å². The van der Waals surface area contributed by atoms with Crippen LogP contribution in [0.25, 0.3) is 0 Å². The van der Waals surface area contributed by atoms with Crippen molar-refractivity contribution in [3.63, 3.8) is 0 Å². The zero-order chi connectivity index (χ0) is 12.6. The minimum Gasteiger partial charge on any atom is -0.436 e. The number of rotatable bonds is 2. The van der Waals surface area contributed by atoms with Crippen LogP contribution in [0.15, 0.2) is 24.3 Å². The summed E-state index contributed by atoms with van der Waals surface area (Å²) < 4.78 is 5.77. The van der Waals surface area contributed by atoms with Crippen molar-refractivity contribution in [1.29, 1.82) is 0 Å². The van der Waals surface area contributed by atoms with Crippen molar-refractivity contribution in [3.8, 4) is 0 Å². The Hall–Kier alpha value is -1.39. The molecule has 0 bridgehead atoms. The van der Waals surface area contributed by atoms with Crippen LogP contribution < -0.4 is 5.32 Å². The smallest absolute Gasteiger partial charge is 0.340 e. The molecule has 4 nitrogen and oxygen atoms in total. The second-order valence-electron chi connectivity index (χ2n) is 4.81. The van der Waals surface area contributed by atoms with Crippen molar-refractivity contribution in [3.05, 3.63) is 35.4 Å². The molecule has 0 spiro atoms. The summed E-state index contributed by atoms with van der Waals surface area (Å²) >= 11 is 0. The number of carbonyl (C=O) groups excluding carboxylic acids is 1. The average molecular weight is 246 g/mol. The summed E-state index contributed by atoms with van der Waals surface area (Å²) in [7, 11) is 0. The summed E-state index contributed by atoms with van der Waals surface area (Å²) in [5.41, 5.74) is 1.20. The van der Waals surface area contributed by atoms with E-state index in [-0.39, 0.29) is 5.97 Å². The maximum Gasteiger partial charge on any atom is 0.340 e. The van der Waals surface area contributed by atoms with Crippen LogP contribution in [-0.4, -0.2) is 37.0 Å². The van der Waals surface area contributed by atoms with Crippen LogP contribution in [-0.2, 0) is 10.5 Å². The predicted molar refractivity (Wildman–Crippen MR) is 68.3 cm³/mol. The summed E-state index contributed by atoms with van der Waals surface area (Å²) in [5, 5.41) is 3.33. The van der Waals surface area contributed by atoms with Gasteiger partial charge in [0.2, 0.25) is 0 Å². The van der Waals surface area contributed by atoms with Crippen molar-refractivity contribution in [1.82, 2.24) is 10.2 Å². The number of nitrogens with zero attached hydrogens (tertiary/aromatic N) is 1. The molecule has 18 heavy (non-hydrogen) atoms. The summed E-state index contributed by atoms with van der Waals surface area (Å²) in [6.45, 7) is 5.80. The van der Waals surface area contributed by atoms with Gasteiger partial charge in [-0.25, -0.2) is 4.79 Å². The van der Waals surface area contributed by atoms with E-state index in [2.05, 4.69) is 17.1 Å². The fraction of sp³-hybridized carbons (Fsp3) is 0.500. The Balaban J connectivity index is 2.05. The van der Waals surface area contributed by atoms with Gasteiger partial charge in [-0.2, -0.15) is 0 Å². The van der Waals surface area contributed by atoms with Crippen LogP contribution >= 0.6 is 0 Å². The number of carbonyl (C=O) groups is 1. The maximum absolute atomic E-state index is 12.0. The molecule has 0 amide bonds. The molecular formula is C14H18N2O2. The van der Waals surface area contributed by atoms with E-state index in [0.717, 1.165) is 43.7 Å². The van der Waals surface area contributed by atoms with Gasteiger partial charge in [-0.1, -0.05) is 25.1 Å². The molecule has 3 rings (SSSR count). The number of ether oxygens (including phenoxy) is 1. The van der Waals surface area contributed by atoms with Crippen molar-refractivity contribution in [2.45, 2.75) is 19.1 Å². The van der Waals surface area contributed by atoms with E-state index in [1.807, 2.05) is 24.3 Å². The molecule has 1 unspecified atom stereocenters. The SMILES string of the molecule is CCC1(N2CCNCC2)OC(=O)c2ccccc21. The quantitative estimate of drug-likeness (QED) is 0.799. The zero-order valence-corrected chi connectivity index (χ0v) is 10.6. The van der Waals surface area contributed by atoms with Crippen LogP contribution in [0.3, 0.4) is 0 Å². The third-order valence-corrected chi connectivity index (χ3v) is 3.94. The molecule has 0 aromatic heterocycles. The lowest BCUT2D eigenvalue weighted by atomic mass is 9.95. The molecule has 0 aliphatic carbocycles. The van der Waals surface area contributed by atoms with Gasteiger partial charge in [0.1, 0.15) is 0 Å². The van der Waals surface area contributed by atoms with Gasteiger partial charge in [0.25, 0.3) is 0 Å². The van der Waals surface area contributed by atoms with E-state index in [1.54, 1.807) is 0 Å². The molecule has 1 aromatic carbocycles. The first-order valence-electron chi connectivity index (χ1n) is 6.56. The molecule has 0 radical (unpaired) electrons. The van der Waals surface area contributed by atoms with Gasteiger partial charge in [-0.05, 0) is 6.07 Å². The molecule has 1 aromatic rings. The van der Waals surface area contributed by atoms with Gasteiger partial charge in [0, 0.05) is 38.2 Å². The highest BCUT2D eigenvalue weighted by molar-refractivity contribution is 5.94. The molecule has 2 aliphatic heterocycles. The Bertz CT molecular complexity index is 469. The Morgan fingerprint density at radius 3 is 2.78 bits per heavy atom. The Morgan fingerprint density at radius 1 is 1.33 bits per heavy atom. The third-order valence-electron chi connectivity index (χ3n) is 3.94. The van der Waals surface area contributed by atoms with E-state index in [9.17, 15) is 4.79 Å². The molecule has 2 aliphatic rings. The number of piperazine rings is 1. The second kappa shape index (κ2) is 4.37. The number of cyclic esters (lactones) is 1. The van der Waals surface area contributed by atoms with Crippen molar-refractivity contribution in [2.75, 3.05) is 26.2 Å². The fourth-order valence-electron chi connectivity index (χ4n) is 3.01. The van der Waals surface area contributed by atoms with Crippen molar-refractivity contribution in [2.24, 2.45) is 0 Å². The number of hydrogen-bond acceptors (Lipinski definition) is 4. The van der Waals surface area contributed by atoms with Gasteiger partial charge in [-0.3, -0.25) is 4.90 Å². The van der Waals surface area contributed by atoms with E-state index >= 15 is 0 Å². The molecule has 1 fully saturated rings. The largest absolute Gasteiger partial charge is 0.436 e. The molecule has 0 saturated carbocycles. The van der Waals surface area contributed by atoms with Gasteiger partial charge < -0.3 is 10.1 Å². The van der Waals surface area contributed by atoms with Crippen LogP contribution in [0.4, 0.5) is 0 Å². The standard InChI is InChI=1S/C14H18N2O2/c1-2-14(16-9-7-15-8-10-16)12-6-4-3-5-11(12)13(17)18-14/h3-6,15H,2,7-10H2,1H3. The maximum atomic E-state index is 12.0. The summed E-state index contributed by atoms with van der Waals surface area (Å²) in [6.07, 6.45) is 0.787. The average Bonchev–Trinajstić information content (AvgIpc) is 2.74. The van der Waals surface area contributed by atoms with Crippen LogP contribution in [0.2, 0.25) is 0 Å². The summed E-state index contributed by atoms with van der Waals surface area (Å²) in [5.74, 6) is -0.189. The lowest BCUT2D eigenvalue weighted by Gasteiger charge is -2.41. The van der Waals surface area contributed by atoms with Crippen LogP contribution in [0.5, 0.6) is 0 Å². The third kappa shape index (κ3) is 1.56. The van der Waals surface area contributed by atoms with Gasteiger partial charge in [0.05, 0.1) is 5.56 Å². The lowest BCUT2D eigenvalue weighted by molar-refractivity contribution is -0.121. The predicted octanol–water partition coefficient (Wildman–Crippen LogP) is 1.32. The monoisotopic (exact) mass is 246 g/mol. The molecule has 4 heteroatoms. The molecule has 2 heterocycles. The molecule has 1 atom stereocenters. The van der Waals surface area contributed by atoms with E-state index < -0.39 is 5.72 Å². The van der Waals surface area contributed by atoms with Gasteiger partial charge in [0.15, 0.2) is 5.72 Å². The number of nitrogens with one attached hydrogen (secondary N) is 1. The molecule has 1 saturated heterocycles. The lowest BCUT2D eigenvalue weighted by Crippen LogP contribution is -2.54. The minimum atomic E-state index is -0.546. The first-order chi connectivity index (χ1) is 8.78. The zero-order valence-electron chi connectivity index (χ0n) is 10.6. The first-order valence-corrected chi connectivity index (χ1v) is 6.56. The van der Waals surface area contributed by atoms with Crippen molar-refractivity contribution >= 4 is 5.97 Å². The normalized spacial score (nSPS) is 27.9. The van der Waals surface area contributed by atoms with Gasteiger partial charge >= 0.3 is 5.97 Å². The van der Waals surface area contributed by atoms with E-state index in [0.29, 0.717) is 0 Å². The van der Waals surface area contributed by atoms with E-state index in [4.69, 9.17) is 4.74 Å². The van der Waals surface area contributed by atoms with Crippen LogP contribution in [0.1, 0.15) is 29.3 Å². The number of hydrogen-bond donors (Lipinski definition) is 1. The number of fused-ring (bicyclic) bond motifs is 1. The Kier molecular flexibility index (Phi) is 2.84. The number of esters is 1. The number of benzene rings is 1. The summed E-state index contributed by atoms with van der Waals surface area (Å²) in [6, 6.07) is 7.75. The highest BCUT2D eigenvalue weighted by Crippen LogP contribution is 2.41. The van der Waals surface area contributed by atoms with Crippen molar-refractivity contribution < 1.29 is 9.53 Å². The topological polar surface area (TPSA) is 41.6 Å². The van der Waals surface area contributed by atoms with Crippen LogP contribution in [0, 0.1) is 0 Å². The van der Waals surface area contributed by atoms with Gasteiger partial charge in [-0.15, -0.1) is 0 Å². The Morgan fingerprint density at radius 2 is 2.06 bits per heavy atom. The second-order valence-corrected chi connectivity index (χ2v) is 4.81. The highest BCUT2D eigenvalue weighted by Gasteiger charge is 2.48. The highest BCUT2D eigenvalue weighted by atomic mass is 16.6. The molecule has 96 valence electrons. The summed E-state index contributed by atoms with van der Waals surface area (Å²) in [4.78, 5) is 14.3. The fourth-order valence-corrected chi connectivity index (χ4v) is 3.01. The first kappa shape index (κ1) is 11.7. The molecular weight excluding hydrogens is 228 g/mol. The molecule has 1 N–H and O–H groups in total. The minimum absolute atomic E-state index is 0.189. The Labute approximate surface area is 107 Å².